The molecular weight excluding hydrogens is 272 g/mol. The number of hydrogen-bond donors (Lipinski definition) is 2. The number of urea groups is 1. The van der Waals surface area contributed by atoms with E-state index in [0.29, 0.717) is 19.5 Å². The summed E-state index contributed by atoms with van der Waals surface area (Å²) in [4.78, 5) is 25.1. The van der Waals surface area contributed by atoms with Crippen molar-refractivity contribution >= 4 is 12.0 Å². The van der Waals surface area contributed by atoms with E-state index >= 15 is 0 Å². The predicted octanol–water partition coefficient (Wildman–Crippen LogP) is 1.94. The average molecular weight is 300 g/mol. The fraction of sp³-hybridized carbons (Fsp3) is 0.867. The lowest BCUT2D eigenvalue weighted by Gasteiger charge is -2.41. The van der Waals surface area contributed by atoms with Crippen LogP contribution in [0.3, 0.4) is 0 Å². The molecule has 1 heterocycles. The van der Waals surface area contributed by atoms with Gasteiger partial charge in [0.15, 0.2) is 0 Å². The highest BCUT2D eigenvalue weighted by atomic mass is 16.5. The highest BCUT2D eigenvalue weighted by Crippen LogP contribution is 2.20. The van der Waals surface area contributed by atoms with Crippen LogP contribution in [0.15, 0.2) is 0 Å². The first-order chi connectivity index (χ1) is 9.60. The zero-order chi connectivity index (χ0) is 16.2. The summed E-state index contributed by atoms with van der Waals surface area (Å²) in [5.41, 5.74) is -0.376. The van der Waals surface area contributed by atoms with E-state index in [1.54, 1.807) is 4.90 Å². The van der Waals surface area contributed by atoms with Crippen LogP contribution in [-0.2, 0) is 9.53 Å². The summed E-state index contributed by atoms with van der Waals surface area (Å²) in [5.74, 6) is -1.12. The molecule has 0 saturated carbocycles. The van der Waals surface area contributed by atoms with Crippen molar-refractivity contribution in [3.05, 3.63) is 0 Å². The number of morpholine rings is 1. The number of nitrogens with one attached hydrogen (secondary N) is 1. The molecule has 21 heavy (non-hydrogen) atoms. The first kappa shape index (κ1) is 17.8. The molecule has 2 amide bonds. The Morgan fingerprint density at radius 3 is 2.52 bits per heavy atom. The molecule has 0 aromatic rings. The smallest absolute Gasteiger partial charge is 0.317 e. The van der Waals surface area contributed by atoms with E-state index in [1.807, 2.05) is 34.6 Å². The van der Waals surface area contributed by atoms with E-state index in [9.17, 15) is 14.7 Å². The molecule has 1 aliphatic heterocycles. The zero-order valence-corrected chi connectivity index (χ0v) is 13.7. The van der Waals surface area contributed by atoms with Gasteiger partial charge in [0.25, 0.3) is 0 Å². The third kappa shape index (κ3) is 5.91. The molecule has 0 aliphatic carbocycles. The Bertz CT molecular complexity index is 382. The number of carboxylic acids is 1. The normalized spacial score (nSPS) is 23.0. The summed E-state index contributed by atoms with van der Waals surface area (Å²) in [7, 11) is 0. The van der Waals surface area contributed by atoms with Crippen LogP contribution < -0.4 is 5.32 Å². The van der Waals surface area contributed by atoms with Crippen LogP contribution in [0.1, 0.15) is 41.0 Å². The first-order valence-electron chi connectivity index (χ1n) is 7.54. The largest absolute Gasteiger partial charge is 0.481 e. The van der Waals surface area contributed by atoms with Crippen LogP contribution in [0, 0.1) is 11.8 Å². The predicted molar refractivity (Wildman–Crippen MR) is 80.2 cm³/mol. The summed E-state index contributed by atoms with van der Waals surface area (Å²) in [6.07, 6.45) is 0.533. The SMILES string of the molecule is CC(C)CC(CNC(=O)N1CC(C)OC(C)(C)C1)C(=O)O. The highest BCUT2D eigenvalue weighted by molar-refractivity contribution is 5.76. The Morgan fingerprint density at radius 2 is 2.05 bits per heavy atom. The maximum Gasteiger partial charge on any atom is 0.317 e. The van der Waals surface area contributed by atoms with Gasteiger partial charge in [-0.25, -0.2) is 4.79 Å². The van der Waals surface area contributed by atoms with Crippen LogP contribution in [0.2, 0.25) is 0 Å². The number of carboxylic acid groups (broad SMARTS) is 1. The van der Waals surface area contributed by atoms with Crippen LogP contribution >= 0.6 is 0 Å². The van der Waals surface area contributed by atoms with E-state index in [-0.39, 0.29) is 30.2 Å². The zero-order valence-electron chi connectivity index (χ0n) is 13.7. The fourth-order valence-corrected chi connectivity index (χ4v) is 2.77. The third-order valence-electron chi connectivity index (χ3n) is 3.46. The van der Waals surface area contributed by atoms with Crippen molar-refractivity contribution in [1.82, 2.24) is 10.2 Å². The van der Waals surface area contributed by atoms with Gasteiger partial charge >= 0.3 is 12.0 Å². The summed E-state index contributed by atoms with van der Waals surface area (Å²) in [6.45, 7) is 11.0. The second-order valence-corrected chi connectivity index (χ2v) is 6.92. The highest BCUT2D eigenvalue weighted by Gasteiger charge is 2.34. The minimum Gasteiger partial charge on any atom is -0.481 e. The van der Waals surface area contributed by atoms with Crippen molar-refractivity contribution in [1.29, 1.82) is 0 Å². The molecule has 1 rings (SSSR count). The van der Waals surface area contributed by atoms with Gasteiger partial charge in [-0.2, -0.15) is 0 Å². The van der Waals surface area contributed by atoms with Crippen molar-refractivity contribution in [3.63, 3.8) is 0 Å². The molecule has 122 valence electrons. The van der Waals surface area contributed by atoms with Crippen molar-refractivity contribution in [2.75, 3.05) is 19.6 Å². The second kappa shape index (κ2) is 7.11. The number of aliphatic carboxylic acids is 1. The Morgan fingerprint density at radius 1 is 1.43 bits per heavy atom. The van der Waals surface area contributed by atoms with Crippen molar-refractivity contribution in [3.8, 4) is 0 Å². The number of amides is 2. The summed E-state index contributed by atoms with van der Waals surface area (Å²) < 4.78 is 5.75. The number of rotatable bonds is 5. The number of carbonyl (C=O) groups is 2. The molecule has 0 aromatic heterocycles. The molecule has 0 radical (unpaired) electrons. The van der Waals surface area contributed by atoms with E-state index in [1.165, 1.54) is 0 Å². The van der Waals surface area contributed by atoms with E-state index in [0.717, 1.165) is 0 Å². The minimum absolute atomic E-state index is 0.0227. The maximum atomic E-state index is 12.2. The lowest BCUT2D eigenvalue weighted by molar-refractivity contribution is -0.142. The molecule has 0 aromatic carbocycles. The summed E-state index contributed by atoms with van der Waals surface area (Å²) >= 11 is 0. The lowest BCUT2D eigenvalue weighted by Crippen LogP contribution is -2.56. The van der Waals surface area contributed by atoms with E-state index in [2.05, 4.69) is 5.32 Å². The number of ether oxygens (including phenoxy) is 1. The Hall–Kier alpha value is -1.30. The molecule has 6 nitrogen and oxygen atoms in total. The molecule has 1 fully saturated rings. The standard InChI is InChI=1S/C15H28N2O4/c1-10(2)6-12(13(18)19)7-16-14(20)17-8-11(3)21-15(4,5)9-17/h10-12H,6-9H2,1-5H3,(H,16,20)(H,18,19). The van der Waals surface area contributed by atoms with Gasteiger partial charge in [0, 0.05) is 13.1 Å². The maximum absolute atomic E-state index is 12.2. The Balaban J connectivity index is 2.54. The monoisotopic (exact) mass is 300 g/mol. The van der Waals surface area contributed by atoms with Gasteiger partial charge in [-0.3, -0.25) is 4.79 Å². The molecular formula is C15H28N2O4. The van der Waals surface area contributed by atoms with Gasteiger partial charge in [0.05, 0.1) is 24.2 Å². The molecule has 2 atom stereocenters. The van der Waals surface area contributed by atoms with Gasteiger partial charge in [-0.05, 0) is 33.1 Å². The third-order valence-corrected chi connectivity index (χ3v) is 3.46. The van der Waals surface area contributed by atoms with Crippen molar-refractivity contribution < 1.29 is 19.4 Å². The molecule has 1 aliphatic rings. The summed E-state index contributed by atoms with van der Waals surface area (Å²) in [5, 5.41) is 11.9. The number of nitrogens with zero attached hydrogens (tertiary/aromatic N) is 1. The Labute approximate surface area is 126 Å². The van der Waals surface area contributed by atoms with Crippen LogP contribution in [0.5, 0.6) is 0 Å². The lowest BCUT2D eigenvalue weighted by atomic mass is 9.97. The van der Waals surface area contributed by atoms with Gasteiger partial charge in [0.1, 0.15) is 0 Å². The van der Waals surface area contributed by atoms with Gasteiger partial charge in [0.2, 0.25) is 0 Å². The van der Waals surface area contributed by atoms with Crippen LogP contribution in [-0.4, -0.2) is 53.3 Å². The second-order valence-electron chi connectivity index (χ2n) is 6.92. The minimum atomic E-state index is -0.861. The van der Waals surface area contributed by atoms with E-state index in [4.69, 9.17) is 4.74 Å². The number of hydrogen-bond acceptors (Lipinski definition) is 3. The molecule has 2 unspecified atom stereocenters. The van der Waals surface area contributed by atoms with Crippen molar-refractivity contribution in [2.45, 2.75) is 52.7 Å². The molecule has 6 heteroatoms. The first-order valence-corrected chi connectivity index (χ1v) is 7.54. The summed E-state index contributed by atoms with van der Waals surface area (Å²) in [6, 6.07) is -0.215. The van der Waals surface area contributed by atoms with Crippen LogP contribution in [0.25, 0.3) is 0 Å². The van der Waals surface area contributed by atoms with Gasteiger partial charge in [-0.15, -0.1) is 0 Å². The molecule has 0 spiro atoms. The Kier molecular flexibility index (Phi) is 6.01. The number of carbonyl (C=O) groups excluding carboxylic acids is 1. The quantitative estimate of drug-likeness (QED) is 0.813. The van der Waals surface area contributed by atoms with E-state index < -0.39 is 11.9 Å². The topological polar surface area (TPSA) is 78.9 Å². The molecule has 0 bridgehead atoms. The molecule has 2 N–H and O–H groups in total. The average Bonchev–Trinajstić information content (AvgIpc) is 2.30. The fourth-order valence-electron chi connectivity index (χ4n) is 2.77. The van der Waals surface area contributed by atoms with Gasteiger partial charge in [-0.1, -0.05) is 13.8 Å². The van der Waals surface area contributed by atoms with Gasteiger partial charge < -0.3 is 20.1 Å². The molecule has 1 saturated heterocycles. The van der Waals surface area contributed by atoms with Crippen molar-refractivity contribution in [2.24, 2.45) is 11.8 Å². The van der Waals surface area contributed by atoms with Crippen LogP contribution in [0.4, 0.5) is 4.79 Å².